The molecule has 1 N–H and O–H groups in total. The largest absolute Gasteiger partial charge is 0.464 e. The van der Waals surface area contributed by atoms with Gasteiger partial charge in [-0.15, -0.1) is 0 Å². The van der Waals surface area contributed by atoms with Gasteiger partial charge in [0, 0.05) is 18.0 Å². The molecule has 0 saturated carbocycles. The fraction of sp³-hybridized carbons (Fsp3) is 0.200. The lowest BCUT2D eigenvalue weighted by Crippen LogP contribution is -2.42. The molecule has 18 heavy (non-hydrogen) atoms. The van der Waals surface area contributed by atoms with E-state index in [1.165, 1.54) is 29.7 Å². The van der Waals surface area contributed by atoms with Gasteiger partial charge in [-0.2, -0.15) is 10.2 Å². The van der Waals surface area contributed by atoms with Crippen LogP contribution in [0.2, 0.25) is 0 Å². The van der Waals surface area contributed by atoms with Gasteiger partial charge in [0.2, 0.25) is 0 Å². The molecule has 1 aromatic heterocycles. The Bertz CT molecular complexity index is 505. The molecule has 0 atom stereocenters. The highest BCUT2D eigenvalue weighted by Gasteiger charge is 2.20. The summed E-state index contributed by atoms with van der Waals surface area (Å²) in [6.07, 6.45) is 4.07. The lowest BCUT2D eigenvalue weighted by Gasteiger charge is -2.30. The number of amides is 1. The van der Waals surface area contributed by atoms with Gasteiger partial charge in [-0.1, -0.05) is 0 Å². The van der Waals surface area contributed by atoms with E-state index in [4.69, 9.17) is 5.11 Å². The highest BCUT2D eigenvalue weighted by molar-refractivity contribution is 5.64. The first-order chi connectivity index (χ1) is 8.68. The van der Waals surface area contributed by atoms with Crippen LogP contribution in [0.1, 0.15) is 5.56 Å². The van der Waals surface area contributed by atoms with Crippen molar-refractivity contribution in [1.82, 2.24) is 15.0 Å². The van der Waals surface area contributed by atoms with Crippen molar-refractivity contribution in [1.29, 1.82) is 0 Å². The zero-order valence-electron chi connectivity index (χ0n) is 9.27. The summed E-state index contributed by atoms with van der Waals surface area (Å²) in [6.45, 7) is -0.0426. The van der Waals surface area contributed by atoms with E-state index in [2.05, 4.69) is 15.2 Å². The smallest absolute Gasteiger partial charge is 0.426 e. The SMILES string of the molecule is O=C(O)N(Cc1ccncc1F)N1C=CN=NC1. The molecule has 0 spiro atoms. The Labute approximate surface area is 102 Å². The number of nitrogens with zero attached hydrogens (tertiary/aromatic N) is 5. The van der Waals surface area contributed by atoms with Gasteiger partial charge in [0.25, 0.3) is 0 Å². The molecule has 1 aromatic rings. The number of carbonyl (C=O) groups is 1. The van der Waals surface area contributed by atoms with Crippen LogP contribution in [0.15, 0.2) is 41.1 Å². The highest BCUT2D eigenvalue weighted by Crippen LogP contribution is 2.13. The molecular weight excluding hydrogens is 241 g/mol. The van der Waals surface area contributed by atoms with Crippen molar-refractivity contribution >= 4 is 6.09 Å². The average Bonchev–Trinajstić information content (AvgIpc) is 2.38. The minimum Gasteiger partial charge on any atom is -0.464 e. The third-order valence-electron chi connectivity index (χ3n) is 2.30. The van der Waals surface area contributed by atoms with Crippen molar-refractivity contribution in [2.75, 3.05) is 6.67 Å². The predicted octanol–water partition coefficient (Wildman–Crippen LogP) is 1.81. The summed E-state index contributed by atoms with van der Waals surface area (Å²) in [7, 11) is 0. The number of pyridine rings is 1. The molecule has 0 bridgehead atoms. The van der Waals surface area contributed by atoms with Crippen LogP contribution < -0.4 is 0 Å². The second-order valence-electron chi connectivity index (χ2n) is 3.44. The van der Waals surface area contributed by atoms with Crippen LogP contribution in [0, 0.1) is 5.82 Å². The van der Waals surface area contributed by atoms with Crippen molar-refractivity contribution in [3.8, 4) is 0 Å². The Balaban J connectivity index is 2.17. The first-order valence-electron chi connectivity index (χ1n) is 5.07. The fourth-order valence-corrected chi connectivity index (χ4v) is 1.42. The number of carboxylic acid groups (broad SMARTS) is 1. The van der Waals surface area contributed by atoms with Gasteiger partial charge in [-0.3, -0.25) is 9.99 Å². The molecule has 94 valence electrons. The van der Waals surface area contributed by atoms with Gasteiger partial charge in [0.1, 0.15) is 5.82 Å². The van der Waals surface area contributed by atoms with Crippen LogP contribution in [0.3, 0.4) is 0 Å². The molecular formula is C10H10FN5O2. The summed E-state index contributed by atoms with van der Waals surface area (Å²) in [5.41, 5.74) is 0.239. The lowest BCUT2D eigenvalue weighted by atomic mass is 10.2. The highest BCUT2D eigenvalue weighted by atomic mass is 19.1. The van der Waals surface area contributed by atoms with Crippen LogP contribution in [0.25, 0.3) is 0 Å². The molecule has 1 amide bonds. The van der Waals surface area contributed by atoms with Gasteiger partial charge >= 0.3 is 6.09 Å². The second kappa shape index (κ2) is 5.21. The quantitative estimate of drug-likeness (QED) is 0.888. The van der Waals surface area contributed by atoms with Crippen LogP contribution >= 0.6 is 0 Å². The maximum Gasteiger partial charge on any atom is 0.426 e. The summed E-state index contributed by atoms with van der Waals surface area (Å²) in [5, 5.41) is 18.7. The Morgan fingerprint density at radius 2 is 2.44 bits per heavy atom. The Morgan fingerprint density at radius 3 is 3.06 bits per heavy atom. The van der Waals surface area contributed by atoms with Gasteiger partial charge in [0.15, 0.2) is 6.67 Å². The number of hydrogen-bond acceptors (Lipinski definition) is 5. The standard InChI is InChI=1S/C10H10FN5O2/c11-9-5-12-2-1-8(9)6-16(10(17)18)15-4-3-13-14-7-15/h1-5H,6-7H2,(H,17,18). The van der Waals surface area contributed by atoms with E-state index >= 15 is 0 Å². The van der Waals surface area contributed by atoms with E-state index in [-0.39, 0.29) is 18.8 Å². The predicted molar refractivity (Wildman–Crippen MR) is 58.5 cm³/mol. The molecule has 7 nitrogen and oxygen atoms in total. The maximum absolute atomic E-state index is 13.4. The molecule has 8 heteroatoms. The zero-order valence-corrected chi connectivity index (χ0v) is 9.27. The van der Waals surface area contributed by atoms with Crippen LogP contribution in [-0.4, -0.2) is 32.9 Å². The Morgan fingerprint density at radius 1 is 1.61 bits per heavy atom. The summed E-state index contributed by atoms with van der Waals surface area (Å²) < 4.78 is 13.4. The van der Waals surface area contributed by atoms with Crippen molar-refractivity contribution in [3.05, 3.63) is 42.2 Å². The number of aromatic nitrogens is 1. The molecule has 1 aliphatic heterocycles. The normalized spacial score (nSPS) is 13.7. The van der Waals surface area contributed by atoms with Crippen molar-refractivity contribution in [2.45, 2.75) is 6.54 Å². The molecule has 0 radical (unpaired) electrons. The average molecular weight is 251 g/mol. The number of rotatable bonds is 3. The van der Waals surface area contributed by atoms with Crippen LogP contribution in [0.4, 0.5) is 9.18 Å². The van der Waals surface area contributed by atoms with E-state index in [1.807, 2.05) is 0 Å². The van der Waals surface area contributed by atoms with Gasteiger partial charge < -0.3 is 5.11 Å². The molecule has 0 saturated heterocycles. The zero-order chi connectivity index (χ0) is 13.0. The van der Waals surface area contributed by atoms with E-state index in [1.54, 1.807) is 0 Å². The van der Waals surface area contributed by atoms with E-state index < -0.39 is 11.9 Å². The molecule has 0 aliphatic carbocycles. The van der Waals surface area contributed by atoms with Crippen molar-refractivity contribution in [3.63, 3.8) is 0 Å². The van der Waals surface area contributed by atoms with Crippen LogP contribution in [0.5, 0.6) is 0 Å². The molecule has 2 rings (SSSR count). The van der Waals surface area contributed by atoms with Gasteiger partial charge in [-0.05, 0) is 6.07 Å². The minimum absolute atomic E-state index is 0.0789. The Hall–Kier alpha value is -2.51. The minimum atomic E-state index is -1.20. The van der Waals surface area contributed by atoms with E-state index in [0.717, 1.165) is 11.2 Å². The molecule has 0 fully saturated rings. The van der Waals surface area contributed by atoms with Gasteiger partial charge in [-0.25, -0.2) is 14.2 Å². The summed E-state index contributed by atoms with van der Waals surface area (Å²) >= 11 is 0. The lowest BCUT2D eigenvalue weighted by molar-refractivity contribution is 0.0201. The molecule has 0 aromatic carbocycles. The first kappa shape index (κ1) is 12.0. The van der Waals surface area contributed by atoms with Crippen molar-refractivity contribution < 1.29 is 14.3 Å². The third kappa shape index (κ3) is 2.59. The first-order valence-corrected chi connectivity index (χ1v) is 5.07. The van der Waals surface area contributed by atoms with Gasteiger partial charge in [0.05, 0.1) is 18.9 Å². The summed E-state index contributed by atoms with van der Waals surface area (Å²) in [6, 6.07) is 1.43. The van der Waals surface area contributed by atoms with E-state index in [0.29, 0.717) is 0 Å². The monoisotopic (exact) mass is 251 g/mol. The third-order valence-corrected chi connectivity index (χ3v) is 2.30. The molecule has 1 aliphatic rings. The summed E-state index contributed by atoms with van der Waals surface area (Å²) in [5.74, 6) is -0.550. The number of hydrogen-bond donors (Lipinski definition) is 1. The number of azo groups is 1. The second-order valence-corrected chi connectivity index (χ2v) is 3.44. The maximum atomic E-state index is 13.4. The fourth-order valence-electron chi connectivity index (χ4n) is 1.42. The van der Waals surface area contributed by atoms with Crippen molar-refractivity contribution in [2.24, 2.45) is 10.2 Å². The van der Waals surface area contributed by atoms with E-state index in [9.17, 15) is 9.18 Å². The Kier molecular flexibility index (Phi) is 3.46. The topological polar surface area (TPSA) is 81.4 Å². The number of hydrazine groups is 1. The summed E-state index contributed by atoms with van der Waals surface area (Å²) in [4.78, 5) is 14.8. The number of halogens is 1. The van der Waals surface area contributed by atoms with Crippen LogP contribution in [-0.2, 0) is 6.54 Å². The molecule has 2 heterocycles. The molecule has 0 unspecified atom stereocenters.